The molecule has 2 aromatic carbocycles. The summed E-state index contributed by atoms with van der Waals surface area (Å²) in [6.07, 6.45) is 0. The summed E-state index contributed by atoms with van der Waals surface area (Å²) < 4.78 is 4.09. The van der Waals surface area contributed by atoms with Crippen molar-refractivity contribution in [2.24, 2.45) is 7.05 Å². The topological polar surface area (TPSA) is 47.2 Å². The molecular formula is C18H18BrN3O2. The lowest BCUT2D eigenvalue weighted by Crippen LogP contribution is -2.33. The van der Waals surface area contributed by atoms with Crippen LogP contribution in [0.25, 0.3) is 11.0 Å². The number of hydrogen-bond acceptors (Lipinski definition) is 2. The number of nitrogens with zero attached hydrogens (tertiary/aromatic N) is 3. The highest BCUT2D eigenvalue weighted by Crippen LogP contribution is 2.13. The standard InChI is InChI=1S/C18H18BrN3O2/c1-20(11-13-7-9-14(19)10-8-13)17(23)12-22-16-6-4-3-5-15(16)21(2)18(22)24/h3-10H,11-12H2,1-2H3. The fourth-order valence-corrected chi connectivity index (χ4v) is 2.99. The van der Waals surface area contributed by atoms with Crippen LogP contribution in [0.15, 0.2) is 57.8 Å². The van der Waals surface area contributed by atoms with Crippen LogP contribution in [0.5, 0.6) is 0 Å². The number of hydrogen-bond donors (Lipinski definition) is 0. The van der Waals surface area contributed by atoms with Gasteiger partial charge in [-0.05, 0) is 29.8 Å². The molecule has 0 atom stereocenters. The summed E-state index contributed by atoms with van der Waals surface area (Å²) in [4.78, 5) is 26.6. The first-order chi connectivity index (χ1) is 11.5. The second-order valence-corrected chi connectivity index (χ2v) is 6.71. The molecule has 6 heteroatoms. The summed E-state index contributed by atoms with van der Waals surface area (Å²) in [5, 5.41) is 0. The Labute approximate surface area is 148 Å². The van der Waals surface area contributed by atoms with E-state index in [9.17, 15) is 9.59 Å². The van der Waals surface area contributed by atoms with E-state index < -0.39 is 0 Å². The Kier molecular flexibility index (Phi) is 4.57. The molecule has 0 saturated carbocycles. The molecule has 0 aliphatic rings. The molecule has 0 fully saturated rings. The average Bonchev–Trinajstić information content (AvgIpc) is 2.82. The van der Waals surface area contributed by atoms with Gasteiger partial charge in [-0.15, -0.1) is 0 Å². The maximum atomic E-state index is 12.5. The molecule has 24 heavy (non-hydrogen) atoms. The SMILES string of the molecule is CN(Cc1ccc(Br)cc1)C(=O)Cn1c(=O)n(C)c2ccccc21. The van der Waals surface area contributed by atoms with Gasteiger partial charge in [0, 0.05) is 25.1 Å². The van der Waals surface area contributed by atoms with Gasteiger partial charge in [-0.2, -0.15) is 0 Å². The lowest BCUT2D eigenvalue weighted by Gasteiger charge is -2.17. The summed E-state index contributed by atoms with van der Waals surface area (Å²) in [5.74, 6) is -0.101. The van der Waals surface area contributed by atoms with Gasteiger partial charge in [0.05, 0.1) is 11.0 Å². The van der Waals surface area contributed by atoms with Crippen LogP contribution in [0.4, 0.5) is 0 Å². The molecule has 1 aromatic heterocycles. The quantitative estimate of drug-likeness (QED) is 0.690. The van der Waals surface area contributed by atoms with E-state index in [4.69, 9.17) is 0 Å². The van der Waals surface area contributed by atoms with Crippen molar-refractivity contribution in [1.82, 2.24) is 14.0 Å². The highest BCUT2D eigenvalue weighted by Gasteiger charge is 2.16. The van der Waals surface area contributed by atoms with Crippen LogP contribution in [0.2, 0.25) is 0 Å². The van der Waals surface area contributed by atoms with E-state index >= 15 is 0 Å². The number of carbonyl (C=O) groups is 1. The maximum absolute atomic E-state index is 12.5. The number of likely N-dealkylation sites (N-methyl/N-ethyl adjacent to an activating group) is 1. The van der Waals surface area contributed by atoms with Crippen LogP contribution >= 0.6 is 15.9 Å². The number of benzene rings is 2. The fourth-order valence-electron chi connectivity index (χ4n) is 2.72. The lowest BCUT2D eigenvalue weighted by atomic mass is 10.2. The molecule has 0 saturated heterocycles. The maximum Gasteiger partial charge on any atom is 0.329 e. The number of aryl methyl sites for hydroxylation is 1. The lowest BCUT2D eigenvalue weighted by molar-refractivity contribution is -0.131. The largest absolute Gasteiger partial charge is 0.340 e. The molecule has 1 heterocycles. The van der Waals surface area contributed by atoms with Crippen LogP contribution in [0.3, 0.4) is 0 Å². The van der Waals surface area contributed by atoms with E-state index in [2.05, 4.69) is 15.9 Å². The Morgan fingerprint density at radius 3 is 2.38 bits per heavy atom. The molecule has 124 valence electrons. The minimum atomic E-state index is -0.179. The van der Waals surface area contributed by atoms with Gasteiger partial charge < -0.3 is 4.90 Å². The number of aromatic nitrogens is 2. The van der Waals surface area contributed by atoms with Crippen molar-refractivity contribution in [3.63, 3.8) is 0 Å². The summed E-state index contributed by atoms with van der Waals surface area (Å²) in [6.45, 7) is 0.541. The Bertz CT molecular complexity index is 941. The first kappa shape index (κ1) is 16.5. The smallest absolute Gasteiger partial charge is 0.329 e. The zero-order chi connectivity index (χ0) is 17.3. The molecule has 3 rings (SSSR count). The first-order valence-corrected chi connectivity index (χ1v) is 8.39. The second kappa shape index (κ2) is 6.65. The van der Waals surface area contributed by atoms with Crippen LogP contribution < -0.4 is 5.69 Å². The number of carbonyl (C=O) groups excluding carboxylic acids is 1. The van der Waals surface area contributed by atoms with Gasteiger partial charge in [0.1, 0.15) is 6.54 Å². The van der Waals surface area contributed by atoms with Gasteiger partial charge in [0.2, 0.25) is 5.91 Å². The number of amides is 1. The van der Waals surface area contributed by atoms with E-state index in [0.29, 0.717) is 6.54 Å². The van der Waals surface area contributed by atoms with Crippen molar-refractivity contribution in [1.29, 1.82) is 0 Å². The molecule has 3 aromatic rings. The van der Waals surface area contributed by atoms with Gasteiger partial charge in [-0.3, -0.25) is 13.9 Å². The van der Waals surface area contributed by atoms with Gasteiger partial charge in [0.15, 0.2) is 0 Å². The van der Waals surface area contributed by atoms with Crippen molar-refractivity contribution < 1.29 is 4.79 Å². The molecule has 0 aliphatic carbocycles. The summed E-state index contributed by atoms with van der Waals surface area (Å²) in [7, 11) is 3.47. The Balaban J connectivity index is 1.81. The highest BCUT2D eigenvalue weighted by molar-refractivity contribution is 9.10. The molecular weight excluding hydrogens is 370 g/mol. The van der Waals surface area contributed by atoms with E-state index in [0.717, 1.165) is 21.1 Å². The number of halogens is 1. The molecule has 0 unspecified atom stereocenters. The van der Waals surface area contributed by atoms with Crippen molar-refractivity contribution in [2.45, 2.75) is 13.1 Å². The molecule has 1 amide bonds. The van der Waals surface area contributed by atoms with Gasteiger partial charge in [0.25, 0.3) is 0 Å². The zero-order valence-electron chi connectivity index (χ0n) is 13.6. The second-order valence-electron chi connectivity index (χ2n) is 5.79. The molecule has 0 spiro atoms. The fraction of sp³-hybridized carbons (Fsp3) is 0.222. The highest BCUT2D eigenvalue weighted by atomic mass is 79.9. The van der Waals surface area contributed by atoms with Crippen LogP contribution in [0, 0.1) is 0 Å². The molecule has 0 bridgehead atoms. The predicted octanol–water partition coefficient (Wildman–Crippen LogP) is 2.76. The first-order valence-electron chi connectivity index (χ1n) is 7.60. The Hall–Kier alpha value is -2.34. The third-order valence-corrected chi connectivity index (χ3v) is 4.63. The van der Waals surface area contributed by atoms with Crippen LogP contribution in [-0.2, 0) is 24.9 Å². The molecule has 5 nitrogen and oxygen atoms in total. The van der Waals surface area contributed by atoms with E-state index in [1.807, 2.05) is 48.5 Å². The Morgan fingerprint density at radius 2 is 1.71 bits per heavy atom. The van der Waals surface area contributed by atoms with E-state index in [-0.39, 0.29) is 18.1 Å². The average molecular weight is 388 g/mol. The number of fused-ring (bicyclic) bond motifs is 1. The number of para-hydroxylation sites is 2. The normalized spacial score (nSPS) is 11.0. The monoisotopic (exact) mass is 387 g/mol. The van der Waals surface area contributed by atoms with Gasteiger partial charge in [-0.1, -0.05) is 40.2 Å². The van der Waals surface area contributed by atoms with Gasteiger partial charge >= 0.3 is 5.69 Å². The van der Waals surface area contributed by atoms with E-state index in [1.165, 1.54) is 4.57 Å². The third kappa shape index (κ3) is 3.14. The van der Waals surface area contributed by atoms with Crippen molar-refractivity contribution >= 4 is 32.9 Å². The predicted molar refractivity (Wildman–Crippen MR) is 97.8 cm³/mol. The van der Waals surface area contributed by atoms with Crippen molar-refractivity contribution in [2.75, 3.05) is 7.05 Å². The van der Waals surface area contributed by atoms with Crippen LogP contribution in [-0.4, -0.2) is 27.0 Å². The van der Waals surface area contributed by atoms with Crippen molar-refractivity contribution in [3.8, 4) is 0 Å². The Morgan fingerprint density at radius 1 is 1.08 bits per heavy atom. The number of rotatable bonds is 4. The minimum Gasteiger partial charge on any atom is -0.340 e. The van der Waals surface area contributed by atoms with E-state index in [1.54, 1.807) is 23.6 Å². The molecule has 0 aliphatic heterocycles. The van der Waals surface area contributed by atoms with Gasteiger partial charge in [-0.25, -0.2) is 4.79 Å². The molecule has 0 N–H and O–H groups in total. The zero-order valence-corrected chi connectivity index (χ0v) is 15.2. The van der Waals surface area contributed by atoms with Crippen molar-refractivity contribution in [3.05, 3.63) is 69.1 Å². The molecule has 0 radical (unpaired) electrons. The number of imidazole rings is 1. The van der Waals surface area contributed by atoms with Crippen LogP contribution in [0.1, 0.15) is 5.56 Å². The summed E-state index contributed by atoms with van der Waals surface area (Å²) in [5.41, 5.74) is 2.46. The third-order valence-electron chi connectivity index (χ3n) is 4.10. The summed E-state index contributed by atoms with van der Waals surface area (Å²) >= 11 is 3.40. The minimum absolute atomic E-state index is 0.0349. The summed E-state index contributed by atoms with van der Waals surface area (Å²) in [6, 6.07) is 15.3.